The topological polar surface area (TPSA) is 40.8 Å². The van der Waals surface area contributed by atoms with E-state index in [4.69, 9.17) is 28.9 Å². The van der Waals surface area contributed by atoms with Crippen molar-refractivity contribution in [2.75, 3.05) is 0 Å². The van der Waals surface area contributed by atoms with Gasteiger partial charge in [0.25, 0.3) is 6.33 Å². The van der Waals surface area contributed by atoms with Crippen LogP contribution in [0.4, 0.5) is 0 Å². The molecule has 4 heterocycles. The van der Waals surface area contributed by atoms with Gasteiger partial charge in [0, 0.05) is 55.1 Å². The summed E-state index contributed by atoms with van der Waals surface area (Å²) in [6.45, 7) is 6.38. The van der Waals surface area contributed by atoms with E-state index in [9.17, 15) is 5.48 Å². The SMILES string of the molecule is [2H]c1c([2H])c([2H])c(-c2cccc(-c3c([2H])c([2H])c([2H])c([2H])c3[2H])c2-[n+]2[c-]n(-c3[c-]c(Oc4[c-]c5c(c(-n6c7c([2H])c([2H])c([2H])c([2H])c7c7c([2H])c([2H])c([2H])c([2H])c76)c4)c4ccccc4n5-c4cc(C(C)C(C)C)ccn4)ccc3)c3ccccc32)c([2H])c1[2H].[Pt]. The molecule has 0 spiro atoms. The molecule has 0 aliphatic rings. The summed E-state index contributed by atoms with van der Waals surface area (Å²) in [6.07, 6.45) is 5.09. The fourth-order valence-electron chi connectivity index (χ4n) is 9.43. The second kappa shape index (κ2) is 18.5. The van der Waals surface area contributed by atoms with Crippen LogP contribution in [0.1, 0.15) is 56.9 Å². The van der Waals surface area contributed by atoms with Crippen LogP contribution in [-0.4, -0.2) is 18.7 Å². The third-order valence-corrected chi connectivity index (χ3v) is 13.0. The number of hydrogen-bond acceptors (Lipinski definition) is 2. The monoisotopic (exact) mass is 1130 g/mol. The van der Waals surface area contributed by atoms with Gasteiger partial charge in [-0.05, 0) is 86.7 Å². The predicted octanol–water partition coefficient (Wildman–Crippen LogP) is 15.8. The van der Waals surface area contributed by atoms with E-state index in [1.54, 1.807) is 59.3 Å². The molecule has 72 heavy (non-hydrogen) atoms. The van der Waals surface area contributed by atoms with Gasteiger partial charge >= 0.3 is 0 Å². The molecule has 0 fully saturated rings. The fraction of sp³-hybridized carbons (Fsp3) is 0.0769. The Hall–Kier alpha value is -8.31. The first-order valence-corrected chi connectivity index (χ1v) is 22.8. The number of aromatic nitrogens is 5. The van der Waals surface area contributed by atoms with Crippen LogP contribution < -0.4 is 9.30 Å². The Morgan fingerprint density at radius 3 is 1.89 bits per heavy atom. The summed E-state index contributed by atoms with van der Waals surface area (Å²) in [6, 6.07) is 26.2. The summed E-state index contributed by atoms with van der Waals surface area (Å²) in [4.78, 5) is 4.90. The quantitative estimate of drug-likeness (QED) is 0.101. The molecule has 0 radical (unpaired) electrons. The summed E-state index contributed by atoms with van der Waals surface area (Å²) in [5.74, 6) is 1.01. The van der Waals surface area contributed by atoms with Crippen molar-refractivity contribution in [3.05, 3.63) is 242 Å². The van der Waals surface area contributed by atoms with E-state index in [1.165, 1.54) is 27.3 Å². The van der Waals surface area contributed by atoms with Crippen LogP contribution in [0, 0.1) is 24.4 Å². The molecule has 0 saturated carbocycles. The Kier molecular flexibility index (Phi) is 7.47. The van der Waals surface area contributed by atoms with Gasteiger partial charge in [0.15, 0.2) is 0 Å². The summed E-state index contributed by atoms with van der Waals surface area (Å²) in [5.41, 5.74) is 2.97. The minimum absolute atomic E-state index is 0. The van der Waals surface area contributed by atoms with Crippen LogP contribution in [0.2, 0.25) is 0 Å². The van der Waals surface area contributed by atoms with Gasteiger partial charge in [-0.1, -0.05) is 189 Å². The third kappa shape index (κ3) is 7.53. The van der Waals surface area contributed by atoms with Crippen molar-refractivity contribution in [2.45, 2.75) is 26.7 Å². The molecule has 0 amide bonds. The molecule has 0 saturated heterocycles. The summed E-state index contributed by atoms with van der Waals surface area (Å²) < 4.78 is 174. The Morgan fingerprint density at radius 2 is 1.19 bits per heavy atom. The van der Waals surface area contributed by atoms with Gasteiger partial charge in [-0.2, -0.15) is 12.1 Å². The van der Waals surface area contributed by atoms with Gasteiger partial charge < -0.3 is 18.4 Å². The molecule has 0 N–H and O–H groups in total. The zero-order valence-corrected chi connectivity index (χ0v) is 40.8. The van der Waals surface area contributed by atoms with Gasteiger partial charge in [0.1, 0.15) is 5.82 Å². The van der Waals surface area contributed by atoms with Crippen molar-refractivity contribution >= 4 is 54.6 Å². The molecular weight excluding hydrogens is 1060 g/mol. The van der Waals surface area contributed by atoms with Gasteiger partial charge in [0.2, 0.25) is 0 Å². The molecule has 4 aromatic heterocycles. The van der Waals surface area contributed by atoms with Gasteiger partial charge in [-0.15, -0.1) is 24.3 Å². The maximum atomic E-state index is 9.48. The Morgan fingerprint density at radius 1 is 0.569 bits per heavy atom. The van der Waals surface area contributed by atoms with Gasteiger partial charge in [-0.25, -0.2) is 4.98 Å². The van der Waals surface area contributed by atoms with Crippen molar-refractivity contribution in [3.63, 3.8) is 0 Å². The van der Waals surface area contributed by atoms with Crippen LogP contribution >= 0.6 is 0 Å². The van der Waals surface area contributed by atoms with Crippen LogP contribution in [0.3, 0.4) is 0 Å². The predicted molar refractivity (Wildman–Crippen MR) is 288 cm³/mol. The minimum Gasteiger partial charge on any atom is -0.510 e. The van der Waals surface area contributed by atoms with Crippen molar-refractivity contribution in [2.24, 2.45) is 5.92 Å². The fourth-order valence-corrected chi connectivity index (χ4v) is 9.43. The number of rotatable bonds is 10. The first kappa shape index (κ1) is 29.1. The van der Waals surface area contributed by atoms with E-state index < -0.39 is 109 Å². The molecule has 0 aliphatic heterocycles. The van der Waals surface area contributed by atoms with E-state index in [0.717, 1.165) is 5.56 Å². The van der Waals surface area contributed by atoms with E-state index >= 15 is 0 Å². The van der Waals surface area contributed by atoms with E-state index in [2.05, 4.69) is 39.2 Å². The number of imidazole rings is 1. The smallest absolute Gasteiger partial charge is 0.268 e. The largest absolute Gasteiger partial charge is 0.510 e. The van der Waals surface area contributed by atoms with Crippen LogP contribution in [0.15, 0.2) is 218 Å². The summed E-state index contributed by atoms with van der Waals surface area (Å²) >= 11 is 0. The molecular formula is C65H47N5OPt-2. The maximum absolute atomic E-state index is 9.48. The average molecular weight is 1130 g/mol. The first-order valence-electron chi connectivity index (χ1n) is 31.8. The maximum Gasteiger partial charge on any atom is 0.268 e. The van der Waals surface area contributed by atoms with E-state index in [-0.39, 0.29) is 99.8 Å². The number of ether oxygens (including phenoxy) is 1. The zero-order chi connectivity index (χ0) is 63.2. The number of nitrogens with zero attached hydrogens (tertiary/aromatic N) is 5. The zero-order valence-electron chi connectivity index (χ0n) is 56.5. The van der Waals surface area contributed by atoms with Crippen molar-refractivity contribution in [3.8, 4) is 56.6 Å². The number of hydrogen-bond donors (Lipinski definition) is 0. The third-order valence-electron chi connectivity index (χ3n) is 13.0. The van der Waals surface area contributed by atoms with Crippen molar-refractivity contribution < 1.29 is 55.0 Å². The Balaban J connectivity index is 0.00000785. The van der Waals surface area contributed by atoms with Crippen LogP contribution in [0.5, 0.6) is 11.5 Å². The Labute approximate surface area is 458 Å². The van der Waals surface area contributed by atoms with Crippen molar-refractivity contribution in [1.29, 1.82) is 0 Å². The second-order valence-corrected chi connectivity index (χ2v) is 17.3. The molecule has 9 aromatic carbocycles. The van der Waals surface area contributed by atoms with Gasteiger partial charge in [-0.3, -0.25) is 4.57 Å². The first-order chi connectivity index (χ1) is 42.4. The van der Waals surface area contributed by atoms with Gasteiger partial charge in [0.05, 0.1) is 52.4 Å². The number of fused-ring (bicyclic) bond motifs is 7. The standard InChI is InChI=1S/C65H47N5O.Pt/c1-43(2)44(3)47-36-37-66-63(38-47)70-58-33-15-12-28-55(58)64-61(69-56-31-13-10-26-53(56)54-27-11-14-32-57(54)69)40-50(41-62(64)70)71-49-25-18-24-48(39-49)67-42-68(60-35-17-16-34-59(60)67)65-51(45-20-6-4-7-21-45)29-19-30-52(65)46-22-8-5-9-23-46;/h4-38,40,43-44H,1-3H3;/q-2;/i4D,5D,6D,7D,8D,9D,10D,11D,13D,14D,20D,21D,22D,23D,26D,27D,31D,32D;. The number of para-hydroxylation sites is 6. The van der Waals surface area contributed by atoms with E-state index in [0.29, 0.717) is 44.3 Å². The second-order valence-electron chi connectivity index (χ2n) is 17.3. The molecule has 1 unspecified atom stereocenters. The minimum atomic E-state index is -0.631. The molecule has 13 aromatic rings. The molecule has 13 rings (SSSR count). The molecule has 6 nitrogen and oxygen atoms in total. The number of benzene rings is 9. The Bertz CT molecular complexity index is 5030. The molecule has 7 heteroatoms. The van der Waals surface area contributed by atoms with Crippen LogP contribution in [0.25, 0.3) is 99.8 Å². The van der Waals surface area contributed by atoms with Crippen molar-refractivity contribution in [1.82, 2.24) is 18.7 Å². The average Bonchev–Trinajstić information content (AvgIpc) is 1.52. The molecule has 1 atom stereocenters. The summed E-state index contributed by atoms with van der Waals surface area (Å²) in [7, 11) is 0. The summed E-state index contributed by atoms with van der Waals surface area (Å²) in [5, 5.41) is 0.873. The number of pyridine rings is 1. The molecule has 0 aliphatic carbocycles. The molecule has 0 bridgehead atoms. The molecule has 350 valence electrons. The van der Waals surface area contributed by atoms with E-state index in [1.807, 2.05) is 41.0 Å². The normalized spacial score (nSPS) is 15.6. The van der Waals surface area contributed by atoms with Crippen LogP contribution in [-0.2, 0) is 21.1 Å².